The highest BCUT2D eigenvalue weighted by Crippen LogP contribution is 2.09. The summed E-state index contributed by atoms with van der Waals surface area (Å²) < 4.78 is 0. The molecule has 1 saturated heterocycles. The second kappa shape index (κ2) is 8.46. The molecule has 4 N–H and O–H groups in total. The molecule has 26 heavy (non-hydrogen) atoms. The van der Waals surface area contributed by atoms with Crippen molar-refractivity contribution in [1.29, 1.82) is 0 Å². The second-order valence-corrected chi connectivity index (χ2v) is 6.64. The van der Waals surface area contributed by atoms with Gasteiger partial charge in [-0.3, -0.25) is 14.4 Å². The van der Waals surface area contributed by atoms with E-state index in [4.69, 9.17) is 5.11 Å². The van der Waals surface area contributed by atoms with Crippen LogP contribution in [-0.4, -0.2) is 46.9 Å². The number of piperazine rings is 1. The second-order valence-electron chi connectivity index (χ2n) is 6.64. The van der Waals surface area contributed by atoms with E-state index in [2.05, 4.69) is 16.0 Å². The van der Waals surface area contributed by atoms with Gasteiger partial charge in [0.2, 0.25) is 17.7 Å². The minimum atomic E-state index is -1.14. The summed E-state index contributed by atoms with van der Waals surface area (Å²) in [7, 11) is 0. The average Bonchev–Trinajstić information content (AvgIpc) is 2.57. The molecule has 0 spiro atoms. The molecule has 0 aliphatic carbocycles. The number of benzene rings is 1. The van der Waals surface area contributed by atoms with Gasteiger partial charge in [-0.05, 0) is 11.5 Å². The molecule has 3 atom stereocenters. The lowest BCUT2D eigenvalue weighted by Gasteiger charge is -2.29. The molecule has 0 unspecified atom stereocenters. The minimum Gasteiger partial charge on any atom is -0.480 e. The van der Waals surface area contributed by atoms with Crippen molar-refractivity contribution in [3.05, 3.63) is 35.9 Å². The van der Waals surface area contributed by atoms with Crippen LogP contribution in [-0.2, 0) is 25.6 Å². The molecule has 1 aliphatic heterocycles. The van der Waals surface area contributed by atoms with Gasteiger partial charge in [-0.25, -0.2) is 4.79 Å². The first-order chi connectivity index (χ1) is 12.3. The van der Waals surface area contributed by atoms with E-state index in [1.165, 1.54) is 0 Å². The topological polar surface area (TPSA) is 125 Å². The van der Waals surface area contributed by atoms with E-state index < -0.39 is 35.9 Å². The molecule has 1 aromatic carbocycles. The molecule has 0 saturated carbocycles. The molecule has 2 rings (SSSR count). The number of hydrogen-bond donors (Lipinski definition) is 4. The van der Waals surface area contributed by atoms with E-state index in [0.29, 0.717) is 6.42 Å². The highest BCUT2D eigenvalue weighted by Gasteiger charge is 2.35. The average molecular weight is 361 g/mol. The van der Waals surface area contributed by atoms with Gasteiger partial charge in [0, 0.05) is 6.42 Å². The molecule has 1 aromatic rings. The number of nitrogens with one attached hydrogen (secondary N) is 3. The molecule has 1 heterocycles. The van der Waals surface area contributed by atoms with Crippen molar-refractivity contribution in [2.75, 3.05) is 0 Å². The summed E-state index contributed by atoms with van der Waals surface area (Å²) >= 11 is 0. The number of amides is 3. The van der Waals surface area contributed by atoms with Gasteiger partial charge >= 0.3 is 5.97 Å². The van der Waals surface area contributed by atoms with Crippen LogP contribution in [0.1, 0.15) is 25.8 Å². The summed E-state index contributed by atoms with van der Waals surface area (Å²) in [6.45, 7) is 3.34. The van der Waals surface area contributed by atoms with Gasteiger partial charge in [0.1, 0.15) is 18.1 Å². The zero-order valence-electron chi connectivity index (χ0n) is 14.7. The maximum atomic E-state index is 12.2. The van der Waals surface area contributed by atoms with E-state index in [1.54, 1.807) is 13.8 Å². The number of aliphatic carboxylic acids is 1. The van der Waals surface area contributed by atoms with Crippen molar-refractivity contribution < 1.29 is 24.3 Å². The molecule has 8 heteroatoms. The molecule has 0 radical (unpaired) electrons. The lowest BCUT2D eigenvalue weighted by Crippen LogP contribution is -2.63. The van der Waals surface area contributed by atoms with Crippen molar-refractivity contribution in [3.8, 4) is 0 Å². The Morgan fingerprint density at radius 3 is 2.23 bits per heavy atom. The molecule has 8 nitrogen and oxygen atoms in total. The number of carbonyl (C=O) groups excluding carboxylic acids is 3. The number of carboxylic acids is 1. The molecule has 1 fully saturated rings. The van der Waals surface area contributed by atoms with Gasteiger partial charge in [-0.15, -0.1) is 0 Å². The van der Waals surface area contributed by atoms with Gasteiger partial charge in [0.05, 0.1) is 6.42 Å². The summed E-state index contributed by atoms with van der Waals surface area (Å²) in [6.07, 6.45) is 0.0396. The van der Waals surface area contributed by atoms with E-state index in [-0.39, 0.29) is 18.2 Å². The standard InChI is InChI=1S/C18H23N3O5/c1-10(2)15(18(25)26)21-14(22)9-13-17(24)19-12(16(23)20-13)8-11-6-4-3-5-7-11/h3-7,10,12-13,15H,8-9H2,1-2H3,(H,19,24)(H,20,23)(H,21,22)(H,25,26)/t12-,13-,15+/m0/s1. The van der Waals surface area contributed by atoms with Crippen LogP contribution in [0.3, 0.4) is 0 Å². The minimum absolute atomic E-state index is 0.304. The number of hydrogen-bond acceptors (Lipinski definition) is 4. The zero-order valence-corrected chi connectivity index (χ0v) is 14.7. The first-order valence-corrected chi connectivity index (χ1v) is 8.44. The highest BCUT2D eigenvalue weighted by molar-refractivity contribution is 5.99. The molecule has 1 aliphatic rings. The summed E-state index contributed by atoms with van der Waals surface area (Å²) in [6, 6.07) is 6.50. The number of carboxylic acid groups (broad SMARTS) is 1. The number of rotatable bonds is 7. The van der Waals surface area contributed by atoms with Crippen molar-refractivity contribution >= 4 is 23.7 Å². The fourth-order valence-corrected chi connectivity index (χ4v) is 2.74. The van der Waals surface area contributed by atoms with E-state index in [0.717, 1.165) is 5.56 Å². The van der Waals surface area contributed by atoms with Crippen LogP contribution in [0, 0.1) is 5.92 Å². The Bertz CT molecular complexity index is 689. The Balaban J connectivity index is 1.92. The smallest absolute Gasteiger partial charge is 0.326 e. The maximum Gasteiger partial charge on any atom is 0.326 e. The number of carbonyl (C=O) groups is 4. The van der Waals surface area contributed by atoms with Crippen LogP contribution in [0.5, 0.6) is 0 Å². The van der Waals surface area contributed by atoms with Crippen LogP contribution in [0.15, 0.2) is 30.3 Å². The van der Waals surface area contributed by atoms with Crippen LogP contribution in [0.2, 0.25) is 0 Å². The van der Waals surface area contributed by atoms with Gasteiger partial charge < -0.3 is 21.1 Å². The van der Waals surface area contributed by atoms with Crippen LogP contribution in [0.4, 0.5) is 0 Å². The Kier molecular flexibility index (Phi) is 6.32. The summed E-state index contributed by atoms with van der Waals surface area (Å²) in [4.78, 5) is 47.6. The Morgan fingerprint density at radius 2 is 1.65 bits per heavy atom. The Hall–Kier alpha value is -2.90. The summed E-state index contributed by atoms with van der Waals surface area (Å²) in [5.74, 6) is -2.88. The largest absolute Gasteiger partial charge is 0.480 e. The molecular formula is C18H23N3O5. The highest BCUT2D eigenvalue weighted by atomic mass is 16.4. The lowest BCUT2D eigenvalue weighted by molar-refractivity contribution is -0.143. The zero-order chi connectivity index (χ0) is 19.3. The molecule has 0 aromatic heterocycles. The van der Waals surface area contributed by atoms with Crippen molar-refractivity contribution in [2.24, 2.45) is 5.92 Å². The fourth-order valence-electron chi connectivity index (χ4n) is 2.74. The van der Waals surface area contributed by atoms with Crippen molar-refractivity contribution in [1.82, 2.24) is 16.0 Å². The van der Waals surface area contributed by atoms with E-state index in [9.17, 15) is 19.2 Å². The predicted octanol–water partition coefficient (Wildman–Crippen LogP) is -0.172. The van der Waals surface area contributed by atoms with E-state index >= 15 is 0 Å². The van der Waals surface area contributed by atoms with Crippen molar-refractivity contribution in [2.45, 2.75) is 44.8 Å². The first-order valence-electron chi connectivity index (χ1n) is 8.44. The lowest BCUT2D eigenvalue weighted by atomic mass is 10.00. The molecule has 0 bridgehead atoms. The van der Waals surface area contributed by atoms with Gasteiger partial charge in [0.15, 0.2) is 0 Å². The van der Waals surface area contributed by atoms with Gasteiger partial charge in [0.25, 0.3) is 0 Å². The summed E-state index contributed by atoms with van der Waals surface area (Å²) in [5.41, 5.74) is 0.908. The van der Waals surface area contributed by atoms with Gasteiger partial charge in [-0.2, -0.15) is 0 Å². The predicted molar refractivity (Wildman–Crippen MR) is 93.0 cm³/mol. The molecular weight excluding hydrogens is 338 g/mol. The Labute approximate surface area is 151 Å². The fraction of sp³-hybridized carbons (Fsp3) is 0.444. The van der Waals surface area contributed by atoms with Crippen LogP contribution < -0.4 is 16.0 Å². The van der Waals surface area contributed by atoms with E-state index in [1.807, 2.05) is 30.3 Å². The third-order valence-corrected chi connectivity index (χ3v) is 4.19. The third-order valence-electron chi connectivity index (χ3n) is 4.19. The van der Waals surface area contributed by atoms with Crippen LogP contribution in [0.25, 0.3) is 0 Å². The van der Waals surface area contributed by atoms with Gasteiger partial charge in [-0.1, -0.05) is 44.2 Å². The monoisotopic (exact) mass is 361 g/mol. The molecule has 3 amide bonds. The quantitative estimate of drug-likeness (QED) is 0.537. The normalized spacial score (nSPS) is 20.9. The van der Waals surface area contributed by atoms with Crippen molar-refractivity contribution in [3.63, 3.8) is 0 Å². The molecule has 140 valence electrons. The maximum absolute atomic E-state index is 12.2. The Morgan fingerprint density at radius 1 is 1.08 bits per heavy atom. The SMILES string of the molecule is CC(C)[C@@H](NC(=O)C[C@@H]1NC(=O)[C@H](Cc2ccccc2)NC1=O)C(=O)O. The summed E-state index contributed by atoms with van der Waals surface area (Å²) in [5, 5.41) is 16.6. The first kappa shape index (κ1) is 19.4. The van der Waals surface area contributed by atoms with Crippen LogP contribution >= 0.6 is 0 Å². The third kappa shape index (κ3) is 5.05.